The quantitative estimate of drug-likeness (QED) is 0.453. The van der Waals surface area contributed by atoms with Gasteiger partial charge in [-0.25, -0.2) is 32.7 Å². The van der Waals surface area contributed by atoms with Crippen molar-refractivity contribution in [2.24, 2.45) is 0 Å². The molecule has 0 radical (unpaired) electrons. The summed E-state index contributed by atoms with van der Waals surface area (Å²) in [6, 6.07) is 24.2. The molecule has 3 aromatic carbocycles. The number of rotatable bonds is 3. The third-order valence-corrected chi connectivity index (χ3v) is 6.76. The summed E-state index contributed by atoms with van der Waals surface area (Å²) in [5, 5.41) is 0. The Labute approximate surface area is 183 Å². The molecule has 0 aromatic heterocycles. The largest absolute Gasteiger partial charge is 2.00 e. The van der Waals surface area contributed by atoms with Crippen molar-refractivity contribution in [3.8, 4) is 0 Å². The molecule has 0 N–H and O–H groups in total. The molecule has 3 aromatic rings. The molecular weight excluding hydrogens is 428 g/mol. The van der Waals surface area contributed by atoms with Gasteiger partial charge in [0.15, 0.2) is 5.91 Å². The topological polar surface area (TPSA) is 57.7 Å². The van der Waals surface area contributed by atoms with E-state index in [2.05, 4.69) is 0 Å². The van der Waals surface area contributed by atoms with Crippen molar-refractivity contribution in [1.82, 2.24) is 9.21 Å². The van der Waals surface area contributed by atoms with E-state index >= 15 is 0 Å². The van der Waals surface area contributed by atoms with Gasteiger partial charge in [0.1, 0.15) is 0 Å². The number of nitrogens with zero attached hydrogens (tertiary/aromatic N) is 2. The molecule has 0 saturated carbocycles. The van der Waals surface area contributed by atoms with Crippen molar-refractivity contribution < 1.29 is 30.3 Å². The zero-order valence-corrected chi connectivity index (χ0v) is 18.1. The smallest absolute Gasteiger partial charge is 0.346 e. The maximum Gasteiger partial charge on any atom is 2.00 e. The normalized spacial score (nSPS) is 14.4. The number of hydrogen-bond acceptors (Lipinski definition) is 3. The molecule has 1 amide bonds. The number of carbonyl (C=O) groups excluding carboxylic acids is 1. The second kappa shape index (κ2) is 10.6. The fourth-order valence-electron chi connectivity index (χ4n) is 3.14. The second-order valence-electron chi connectivity index (χ2n) is 6.60. The Balaban J connectivity index is 0.000000437. The summed E-state index contributed by atoms with van der Waals surface area (Å²) in [7, 11) is -3.50. The van der Waals surface area contributed by atoms with Gasteiger partial charge in [0.25, 0.3) is 0 Å². The summed E-state index contributed by atoms with van der Waals surface area (Å²) in [6.07, 6.45) is 0. The number of piperazine rings is 1. The van der Waals surface area contributed by atoms with Gasteiger partial charge >= 0.3 is 17.1 Å². The summed E-state index contributed by atoms with van der Waals surface area (Å²) < 4.78 is 26.9. The van der Waals surface area contributed by atoms with Crippen LogP contribution in [0.3, 0.4) is 0 Å². The molecule has 1 aliphatic heterocycles. The van der Waals surface area contributed by atoms with E-state index in [1.54, 1.807) is 42.2 Å². The van der Waals surface area contributed by atoms with Gasteiger partial charge in [0, 0.05) is 26.2 Å². The molecule has 154 valence electrons. The fourth-order valence-corrected chi connectivity index (χ4v) is 4.78. The Hall–Kier alpha value is -2.18. The Morgan fingerprint density at radius 3 is 2.03 bits per heavy atom. The Morgan fingerprint density at radius 1 is 0.931 bits per heavy atom. The van der Waals surface area contributed by atoms with Crippen LogP contribution in [0.2, 0.25) is 0 Å². The molecule has 7 heteroatoms. The van der Waals surface area contributed by atoms with Gasteiger partial charge in [-0.2, -0.15) is 34.6 Å². The molecule has 0 bridgehead atoms. The summed E-state index contributed by atoms with van der Waals surface area (Å²) >= 11 is 0. The minimum atomic E-state index is -3.50. The molecule has 1 heterocycles. The summed E-state index contributed by atoms with van der Waals surface area (Å²) in [5.74, 6) is -0.0389. The van der Waals surface area contributed by atoms with Crippen LogP contribution in [0.4, 0.5) is 0 Å². The number of benzene rings is 1. The van der Waals surface area contributed by atoms with E-state index in [1.807, 2.05) is 48.5 Å². The average molecular weight is 452 g/mol. The monoisotopic (exact) mass is 452 g/mol. The van der Waals surface area contributed by atoms with E-state index < -0.39 is 10.0 Å². The molecule has 29 heavy (non-hydrogen) atoms. The third-order valence-electron chi connectivity index (χ3n) is 4.70. The Bertz CT molecular complexity index is 958. The van der Waals surface area contributed by atoms with Crippen LogP contribution in [0.5, 0.6) is 0 Å². The zero-order chi connectivity index (χ0) is 20.0. The van der Waals surface area contributed by atoms with Gasteiger partial charge in [-0.3, -0.25) is 4.79 Å². The Morgan fingerprint density at radius 2 is 1.52 bits per heavy atom. The van der Waals surface area contributed by atoms with Crippen LogP contribution < -0.4 is 0 Å². The fraction of sp³-hybridized carbons (Fsp3) is 0.227. The molecule has 1 fully saturated rings. The predicted molar refractivity (Wildman–Crippen MR) is 110 cm³/mol. The van der Waals surface area contributed by atoms with Gasteiger partial charge in [-0.1, -0.05) is 23.8 Å². The SMILES string of the molecule is Cc1ccccc1S(=O)(=O)N1CCN(C(=O)[c-]2cccc2)CC1.[Fe+2].c1cc[cH-]c1. The van der Waals surface area contributed by atoms with E-state index in [0.29, 0.717) is 36.6 Å². The number of carbonyl (C=O) groups is 1. The van der Waals surface area contributed by atoms with Crippen molar-refractivity contribution in [2.75, 3.05) is 26.2 Å². The van der Waals surface area contributed by atoms with Gasteiger partial charge in [-0.05, 0) is 18.6 Å². The Kier molecular flexibility index (Phi) is 8.41. The predicted octanol–water partition coefficient (Wildman–Crippen LogP) is 3.26. The van der Waals surface area contributed by atoms with Crippen molar-refractivity contribution in [1.29, 1.82) is 0 Å². The first-order valence-electron chi connectivity index (χ1n) is 9.23. The van der Waals surface area contributed by atoms with Crippen LogP contribution >= 0.6 is 0 Å². The van der Waals surface area contributed by atoms with Crippen LogP contribution in [0, 0.1) is 6.92 Å². The number of sulfonamides is 1. The van der Waals surface area contributed by atoms with Crippen molar-refractivity contribution in [3.63, 3.8) is 0 Å². The van der Waals surface area contributed by atoms with Crippen LogP contribution in [-0.4, -0.2) is 49.7 Å². The molecule has 1 aliphatic rings. The standard InChI is InChI=1S/C17H19N2O3S.C5H5.Fe/c1-14-6-2-5-9-16(14)23(21,22)19-12-10-18(11-13-19)17(20)15-7-3-4-8-15;1-2-4-5-3-1;/h2-9H,10-13H2,1H3;1-5H;/q2*-1;+2. The second-order valence-corrected chi connectivity index (χ2v) is 8.50. The molecule has 0 atom stereocenters. The van der Waals surface area contributed by atoms with E-state index in [9.17, 15) is 13.2 Å². The zero-order valence-electron chi connectivity index (χ0n) is 16.2. The minimum Gasteiger partial charge on any atom is -0.346 e. The molecular formula is C22H24FeN2O3S. The number of hydrogen-bond donors (Lipinski definition) is 0. The van der Waals surface area contributed by atoms with E-state index in [0.717, 1.165) is 5.56 Å². The first kappa shape index (κ1) is 23.1. The van der Waals surface area contributed by atoms with E-state index in [1.165, 1.54) is 4.31 Å². The summed E-state index contributed by atoms with van der Waals surface area (Å²) in [6.45, 7) is 3.26. The molecule has 4 rings (SSSR count). The van der Waals surface area contributed by atoms with Gasteiger partial charge < -0.3 is 4.90 Å². The van der Waals surface area contributed by atoms with Crippen molar-refractivity contribution in [3.05, 3.63) is 90.0 Å². The molecule has 0 unspecified atom stereocenters. The first-order chi connectivity index (χ1) is 13.5. The van der Waals surface area contributed by atoms with Crippen LogP contribution in [-0.2, 0) is 27.1 Å². The first-order valence-corrected chi connectivity index (χ1v) is 10.7. The maximum atomic E-state index is 12.7. The van der Waals surface area contributed by atoms with Gasteiger partial charge in [0.2, 0.25) is 10.0 Å². The number of aryl methyl sites for hydroxylation is 1. The van der Waals surface area contributed by atoms with Crippen molar-refractivity contribution >= 4 is 15.9 Å². The van der Waals surface area contributed by atoms with Gasteiger partial charge in [-0.15, -0.1) is 0 Å². The van der Waals surface area contributed by atoms with Gasteiger partial charge in [0.05, 0.1) is 4.90 Å². The molecule has 1 saturated heterocycles. The van der Waals surface area contributed by atoms with Crippen LogP contribution in [0.25, 0.3) is 0 Å². The minimum absolute atomic E-state index is 0. The molecule has 0 spiro atoms. The molecule has 0 aliphatic carbocycles. The van der Waals surface area contributed by atoms with Crippen LogP contribution in [0.15, 0.2) is 83.8 Å². The molecule has 5 nitrogen and oxygen atoms in total. The van der Waals surface area contributed by atoms with E-state index in [4.69, 9.17) is 0 Å². The summed E-state index contributed by atoms with van der Waals surface area (Å²) in [5.41, 5.74) is 1.39. The van der Waals surface area contributed by atoms with Crippen LogP contribution in [0.1, 0.15) is 15.9 Å². The maximum absolute atomic E-state index is 12.7. The summed E-state index contributed by atoms with van der Waals surface area (Å²) in [4.78, 5) is 14.4. The van der Waals surface area contributed by atoms with Crippen molar-refractivity contribution in [2.45, 2.75) is 11.8 Å². The number of amides is 1. The van der Waals surface area contributed by atoms with E-state index in [-0.39, 0.29) is 23.0 Å². The average Bonchev–Trinajstić information content (AvgIpc) is 3.44. The third kappa shape index (κ3) is 5.67.